The molecule has 0 N–H and O–H groups in total. The van der Waals surface area contributed by atoms with E-state index in [1.54, 1.807) is 44.3 Å². The summed E-state index contributed by atoms with van der Waals surface area (Å²) in [7, 11) is -1.81. The van der Waals surface area contributed by atoms with E-state index in [0.717, 1.165) is 0 Å². The Morgan fingerprint density at radius 2 is 1.57 bits per heavy atom. The van der Waals surface area contributed by atoms with Crippen molar-refractivity contribution in [3.05, 3.63) is 60.2 Å². The highest BCUT2D eigenvalue weighted by atomic mass is 32.2. The maximum Gasteiger partial charge on any atom is 0.259 e. The summed E-state index contributed by atoms with van der Waals surface area (Å²) in [6.45, 7) is 1.57. The van der Waals surface area contributed by atoms with E-state index in [0.29, 0.717) is 5.69 Å². The zero-order chi connectivity index (χ0) is 15.5. The van der Waals surface area contributed by atoms with E-state index in [9.17, 15) is 13.2 Å². The minimum atomic E-state index is -3.44. The van der Waals surface area contributed by atoms with Crippen molar-refractivity contribution in [1.29, 1.82) is 0 Å². The molecule has 2 aromatic rings. The van der Waals surface area contributed by atoms with Crippen LogP contribution >= 0.6 is 0 Å². The molecule has 21 heavy (non-hydrogen) atoms. The third-order valence-corrected chi connectivity index (χ3v) is 5.07. The molecule has 0 aromatic heterocycles. The number of carbonyl (C=O) groups excluding carboxylic acids is 1. The predicted octanol–water partition coefficient (Wildman–Crippen LogP) is 2.76. The van der Waals surface area contributed by atoms with Gasteiger partial charge in [0.2, 0.25) is 0 Å². The van der Waals surface area contributed by atoms with Crippen molar-refractivity contribution in [3.63, 3.8) is 0 Å². The van der Waals surface area contributed by atoms with Crippen LogP contribution < -0.4 is 4.90 Å². The molecule has 0 aliphatic carbocycles. The average Bonchev–Trinajstić information content (AvgIpc) is 2.54. The Bertz CT molecular complexity index is 739. The van der Waals surface area contributed by atoms with Crippen molar-refractivity contribution in [3.8, 4) is 0 Å². The van der Waals surface area contributed by atoms with E-state index >= 15 is 0 Å². The van der Waals surface area contributed by atoms with Gasteiger partial charge in [-0.25, -0.2) is 8.42 Å². The number of para-hydroxylation sites is 1. The largest absolute Gasteiger partial charge is 0.311 e. The van der Waals surface area contributed by atoms with Crippen LogP contribution in [0.25, 0.3) is 0 Å². The van der Waals surface area contributed by atoms with Gasteiger partial charge in [0.25, 0.3) is 5.91 Å². The summed E-state index contributed by atoms with van der Waals surface area (Å²) in [6, 6.07) is 15.4. The van der Waals surface area contributed by atoms with E-state index in [4.69, 9.17) is 0 Å². The fourth-order valence-electron chi connectivity index (χ4n) is 2.02. The van der Waals surface area contributed by atoms with E-state index < -0.39 is 9.84 Å². The Balaban J connectivity index is 2.46. The Morgan fingerprint density at radius 1 is 1.00 bits per heavy atom. The number of anilines is 1. The van der Waals surface area contributed by atoms with Gasteiger partial charge in [0.05, 0.1) is 16.2 Å². The van der Waals surface area contributed by atoms with Crippen molar-refractivity contribution in [2.45, 2.75) is 11.8 Å². The van der Waals surface area contributed by atoms with Crippen LogP contribution in [0.4, 0.5) is 5.69 Å². The monoisotopic (exact) mass is 303 g/mol. The summed E-state index contributed by atoms with van der Waals surface area (Å²) in [5.41, 5.74) is 0.914. The molecular weight excluding hydrogens is 286 g/mol. The van der Waals surface area contributed by atoms with Gasteiger partial charge in [-0.2, -0.15) is 0 Å². The van der Waals surface area contributed by atoms with Crippen LogP contribution in [0.5, 0.6) is 0 Å². The number of carbonyl (C=O) groups is 1. The molecule has 0 aliphatic heterocycles. The van der Waals surface area contributed by atoms with Crippen molar-refractivity contribution < 1.29 is 13.2 Å². The molecular formula is C16H17NO3S. The van der Waals surface area contributed by atoms with Crippen LogP contribution in [0.2, 0.25) is 0 Å². The normalized spacial score (nSPS) is 11.1. The van der Waals surface area contributed by atoms with E-state index in [2.05, 4.69) is 0 Å². The van der Waals surface area contributed by atoms with Crippen molar-refractivity contribution in [2.24, 2.45) is 0 Å². The molecule has 0 bridgehead atoms. The number of benzene rings is 2. The lowest BCUT2D eigenvalue weighted by Gasteiger charge is -2.19. The fraction of sp³-hybridized carbons (Fsp3) is 0.188. The number of hydrogen-bond acceptors (Lipinski definition) is 3. The molecule has 0 saturated heterocycles. The molecule has 2 rings (SSSR count). The fourth-order valence-corrected chi connectivity index (χ4v) is 3.11. The molecule has 0 radical (unpaired) electrons. The first-order valence-corrected chi connectivity index (χ1v) is 8.27. The molecule has 110 valence electrons. The molecule has 4 nitrogen and oxygen atoms in total. The summed E-state index contributed by atoms with van der Waals surface area (Å²) < 4.78 is 24.2. The first kappa shape index (κ1) is 15.3. The minimum absolute atomic E-state index is 0.0354. The van der Waals surface area contributed by atoms with E-state index in [1.807, 2.05) is 18.2 Å². The second-order valence-electron chi connectivity index (χ2n) is 4.60. The zero-order valence-corrected chi connectivity index (χ0v) is 12.8. The maximum atomic E-state index is 12.6. The van der Waals surface area contributed by atoms with Gasteiger partial charge in [-0.3, -0.25) is 4.79 Å². The van der Waals surface area contributed by atoms with Gasteiger partial charge < -0.3 is 4.90 Å². The average molecular weight is 303 g/mol. The molecule has 0 atom stereocenters. The lowest BCUT2D eigenvalue weighted by molar-refractivity contribution is 0.0990. The summed E-state index contributed by atoms with van der Waals surface area (Å²) >= 11 is 0. The van der Waals surface area contributed by atoms with Crippen LogP contribution in [-0.4, -0.2) is 27.1 Å². The number of hydrogen-bond donors (Lipinski definition) is 0. The van der Waals surface area contributed by atoms with Crippen molar-refractivity contribution in [1.82, 2.24) is 0 Å². The Kier molecular flexibility index (Phi) is 4.43. The smallest absolute Gasteiger partial charge is 0.259 e. The maximum absolute atomic E-state index is 12.6. The summed E-state index contributed by atoms with van der Waals surface area (Å²) in [5, 5.41) is 0. The first-order valence-electron chi connectivity index (χ1n) is 6.62. The molecule has 0 saturated carbocycles. The highest BCUT2D eigenvalue weighted by Crippen LogP contribution is 2.21. The number of sulfone groups is 1. The topological polar surface area (TPSA) is 54.5 Å². The molecule has 0 aliphatic rings. The van der Waals surface area contributed by atoms with Crippen LogP contribution in [0, 0.1) is 0 Å². The van der Waals surface area contributed by atoms with Gasteiger partial charge in [0.15, 0.2) is 9.84 Å². The van der Waals surface area contributed by atoms with Gasteiger partial charge >= 0.3 is 0 Å². The third-order valence-electron chi connectivity index (χ3n) is 3.28. The number of nitrogens with zero attached hydrogens (tertiary/aromatic N) is 1. The van der Waals surface area contributed by atoms with Gasteiger partial charge in [-0.05, 0) is 24.3 Å². The van der Waals surface area contributed by atoms with Crippen molar-refractivity contribution >= 4 is 21.4 Å². The summed E-state index contributed by atoms with van der Waals surface area (Å²) in [6.07, 6.45) is 0. The minimum Gasteiger partial charge on any atom is -0.311 e. The van der Waals surface area contributed by atoms with Gasteiger partial charge in [0.1, 0.15) is 0 Å². The second-order valence-corrected chi connectivity index (χ2v) is 6.85. The lowest BCUT2D eigenvalue weighted by Crippen LogP contribution is -2.28. The Labute approximate surface area is 124 Å². The summed E-state index contributed by atoms with van der Waals surface area (Å²) in [5.74, 6) is -0.374. The molecule has 1 amide bonds. The van der Waals surface area contributed by atoms with E-state index in [1.165, 1.54) is 11.0 Å². The second kappa shape index (κ2) is 6.10. The van der Waals surface area contributed by atoms with Gasteiger partial charge in [-0.15, -0.1) is 0 Å². The highest BCUT2D eigenvalue weighted by Gasteiger charge is 2.23. The van der Waals surface area contributed by atoms with Gasteiger partial charge in [0, 0.05) is 12.7 Å². The zero-order valence-electron chi connectivity index (χ0n) is 12.0. The third kappa shape index (κ3) is 3.13. The SMILES string of the molecule is CCS(=O)(=O)c1ccccc1C(=O)N(C)c1ccccc1. The van der Waals surface area contributed by atoms with Crippen LogP contribution in [-0.2, 0) is 9.84 Å². The number of rotatable bonds is 4. The Morgan fingerprint density at radius 3 is 2.19 bits per heavy atom. The number of amides is 1. The first-order chi connectivity index (χ1) is 9.97. The molecule has 5 heteroatoms. The quantitative estimate of drug-likeness (QED) is 0.872. The molecule has 2 aromatic carbocycles. The summed E-state index contributed by atoms with van der Waals surface area (Å²) in [4.78, 5) is 14.1. The Hall–Kier alpha value is -2.14. The van der Waals surface area contributed by atoms with Gasteiger partial charge in [-0.1, -0.05) is 37.3 Å². The van der Waals surface area contributed by atoms with E-state index in [-0.39, 0.29) is 22.1 Å². The molecule has 0 spiro atoms. The molecule has 0 heterocycles. The molecule has 0 fully saturated rings. The standard InChI is InChI=1S/C16H17NO3S/c1-3-21(19,20)15-12-8-7-11-14(15)16(18)17(2)13-9-5-4-6-10-13/h4-12H,3H2,1-2H3. The van der Waals surface area contributed by atoms with Crippen LogP contribution in [0.3, 0.4) is 0 Å². The predicted molar refractivity (Wildman–Crippen MR) is 83.3 cm³/mol. The van der Waals surface area contributed by atoms with Crippen LogP contribution in [0.15, 0.2) is 59.5 Å². The highest BCUT2D eigenvalue weighted by molar-refractivity contribution is 7.91. The lowest BCUT2D eigenvalue weighted by atomic mass is 10.2. The molecule has 0 unspecified atom stereocenters. The van der Waals surface area contributed by atoms with Crippen molar-refractivity contribution in [2.75, 3.05) is 17.7 Å². The van der Waals surface area contributed by atoms with Crippen LogP contribution in [0.1, 0.15) is 17.3 Å².